The molecule has 2 rings (SSSR count). The van der Waals surface area contributed by atoms with Crippen LogP contribution in [0.5, 0.6) is 5.75 Å². The van der Waals surface area contributed by atoms with Crippen molar-refractivity contribution in [2.24, 2.45) is 5.92 Å². The van der Waals surface area contributed by atoms with Crippen molar-refractivity contribution in [3.8, 4) is 5.75 Å². The molecular weight excluding hydrogens is 258 g/mol. The number of nitrogens with one attached hydrogen (secondary N) is 1. The minimum atomic E-state index is 0.514. The second-order valence-corrected chi connectivity index (χ2v) is 6.31. The molecule has 2 heteroatoms. The first-order chi connectivity index (χ1) is 10.3. The standard InChI is InChI=1S/C19H31NO/c1-3-5-14-21-18-11-9-17(10-12-18)19(20-13-4-2)15-16-7-6-8-16/h9-12,16,19-20H,3-8,13-15H2,1-2H3. The van der Waals surface area contributed by atoms with E-state index in [-0.39, 0.29) is 0 Å². The molecule has 1 N–H and O–H groups in total. The van der Waals surface area contributed by atoms with E-state index in [0.717, 1.165) is 31.2 Å². The van der Waals surface area contributed by atoms with E-state index in [4.69, 9.17) is 4.74 Å². The molecule has 0 aliphatic heterocycles. The zero-order valence-electron chi connectivity index (χ0n) is 13.7. The molecule has 0 radical (unpaired) electrons. The van der Waals surface area contributed by atoms with E-state index >= 15 is 0 Å². The Labute approximate surface area is 130 Å². The molecule has 1 saturated carbocycles. The van der Waals surface area contributed by atoms with Gasteiger partial charge in [-0.1, -0.05) is 51.7 Å². The molecule has 0 aromatic heterocycles. The predicted molar refractivity (Wildman–Crippen MR) is 89.8 cm³/mol. The smallest absolute Gasteiger partial charge is 0.119 e. The zero-order valence-corrected chi connectivity index (χ0v) is 13.7. The van der Waals surface area contributed by atoms with Gasteiger partial charge >= 0.3 is 0 Å². The van der Waals surface area contributed by atoms with Gasteiger partial charge in [0.15, 0.2) is 0 Å². The maximum Gasteiger partial charge on any atom is 0.119 e. The van der Waals surface area contributed by atoms with Gasteiger partial charge < -0.3 is 10.1 Å². The van der Waals surface area contributed by atoms with Crippen molar-refractivity contribution in [3.05, 3.63) is 29.8 Å². The van der Waals surface area contributed by atoms with Crippen molar-refractivity contribution >= 4 is 0 Å². The lowest BCUT2D eigenvalue weighted by atomic mass is 9.79. The molecule has 1 fully saturated rings. The van der Waals surface area contributed by atoms with Crippen molar-refractivity contribution < 1.29 is 4.74 Å². The van der Waals surface area contributed by atoms with Gasteiger partial charge in [0.1, 0.15) is 5.75 Å². The van der Waals surface area contributed by atoms with E-state index in [1.54, 1.807) is 0 Å². The summed E-state index contributed by atoms with van der Waals surface area (Å²) in [6.07, 6.45) is 9.06. The Morgan fingerprint density at radius 3 is 2.48 bits per heavy atom. The average molecular weight is 289 g/mol. The highest BCUT2D eigenvalue weighted by molar-refractivity contribution is 5.29. The second-order valence-electron chi connectivity index (χ2n) is 6.31. The number of hydrogen-bond donors (Lipinski definition) is 1. The molecule has 118 valence electrons. The Kier molecular flexibility index (Phi) is 7.08. The second kappa shape index (κ2) is 9.09. The molecule has 1 aliphatic rings. The highest BCUT2D eigenvalue weighted by Gasteiger charge is 2.22. The van der Waals surface area contributed by atoms with Crippen molar-refractivity contribution in [2.75, 3.05) is 13.2 Å². The van der Waals surface area contributed by atoms with Crippen LogP contribution in [0, 0.1) is 5.92 Å². The lowest BCUT2D eigenvalue weighted by Gasteiger charge is -2.30. The largest absolute Gasteiger partial charge is 0.494 e. The summed E-state index contributed by atoms with van der Waals surface area (Å²) in [5, 5.41) is 3.72. The summed E-state index contributed by atoms with van der Waals surface area (Å²) in [5.74, 6) is 1.94. The van der Waals surface area contributed by atoms with Crippen LogP contribution in [0.25, 0.3) is 0 Å². The Balaban J connectivity index is 1.90. The maximum absolute atomic E-state index is 5.76. The lowest BCUT2D eigenvalue weighted by Crippen LogP contribution is -2.26. The van der Waals surface area contributed by atoms with E-state index in [9.17, 15) is 0 Å². The van der Waals surface area contributed by atoms with Gasteiger partial charge in [-0.3, -0.25) is 0 Å². The molecule has 0 spiro atoms. The molecule has 2 nitrogen and oxygen atoms in total. The summed E-state index contributed by atoms with van der Waals surface area (Å²) in [6, 6.07) is 9.26. The first-order valence-electron chi connectivity index (χ1n) is 8.79. The van der Waals surface area contributed by atoms with Gasteiger partial charge in [-0.15, -0.1) is 0 Å². The normalized spacial score (nSPS) is 16.5. The third kappa shape index (κ3) is 5.35. The van der Waals surface area contributed by atoms with Crippen LogP contribution in [0.2, 0.25) is 0 Å². The fraction of sp³-hybridized carbons (Fsp3) is 0.684. The molecule has 1 aromatic carbocycles. The topological polar surface area (TPSA) is 21.3 Å². The highest BCUT2D eigenvalue weighted by Crippen LogP contribution is 2.35. The molecule has 0 bridgehead atoms. The molecule has 1 aliphatic carbocycles. The van der Waals surface area contributed by atoms with Crippen molar-refractivity contribution in [1.29, 1.82) is 0 Å². The van der Waals surface area contributed by atoms with Crippen molar-refractivity contribution in [1.82, 2.24) is 5.32 Å². The summed E-state index contributed by atoms with van der Waals surface area (Å²) >= 11 is 0. The number of rotatable bonds is 10. The third-order valence-corrected chi connectivity index (χ3v) is 4.48. The number of ether oxygens (including phenoxy) is 1. The minimum Gasteiger partial charge on any atom is -0.494 e. The van der Waals surface area contributed by atoms with Gasteiger partial charge in [-0.05, 0) is 49.4 Å². The van der Waals surface area contributed by atoms with Crippen LogP contribution in [-0.2, 0) is 0 Å². The summed E-state index contributed by atoms with van der Waals surface area (Å²) in [6.45, 7) is 6.36. The molecule has 0 saturated heterocycles. The zero-order chi connectivity index (χ0) is 14.9. The fourth-order valence-corrected chi connectivity index (χ4v) is 2.85. The third-order valence-electron chi connectivity index (χ3n) is 4.48. The number of unbranched alkanes of at least 4 members (excludes halogenated alkanes) is 1. The van der Waals surface area contributed by atoms with Crippen LogP contribution >= 0.6 is 0 Å². The van der Waals surface area contributed by atoms with Crippen molar-refractivity contribution in [3.63, 3.8) is 0 Å². The van der Waals surface area contributed by atoms with E-state index < -0.39 is 0 Å². The molecule has 1 unspecified atom stereocenters. The molecular formula is C19H31NO. The van der Waals surface area contributed by atoms with Gasteiger partial charge in [-0.25, -0.2) is 0 Å². The number of benzene rings is 1. The van der Waals surface area contributed by atoms with Gasteiger partial charge in [0.25, 0.3) is 0 Å². The molecule has 1 aromatic rings. The van der Waals surface area contributed by atoms with Gasteiger partial charge in [0.05, 0.1) is 6.61 Å². The van der Waals surface area contributed by atoms with E-state index in [0.29, 0.717) is 6.04 Å². The minimum absolute atomic E-state index is 0.514. The maximum atomic E-state index is 5.76. The van der Waals surface area contributed by atoms with E-state index in [2.05, 4.69) is 43.4 Å². The summed E-state index contributed by atoms with van der Waals surface area (Å²) in [7, 11) is 0. The molecule has 0 heterocycles. The van der Waals surface area contributed by atoms with Crippen LogP contribution in [0.4, 0.5) is 0 Å². The van der Waals surface area contributed by atoms with E-state index in [1.165, 1.54) is 44.1 Å². The highest BCUT2D eigenvalue weighted by atomic mass is 16.5. The van der Waals surface area contributed by atoms with Crippen LogP contribution < -0.4 is 10.1 Å². The summed E-state index contributed by atoms with van der Waals surface area (Å²) in [4.78, 5) is 0. The van der Waals surface area contributed by atoms with Gasteiger partial charge in [0.2, 0.25) is 0 Å². The Bertz CT molecular complexity index is 383. The Hall–Kier alpha value is -1.02. The SMILES string of the molecule is CCCCOc1ccc(C(CC2CCC2)NCCC)cc1. The molecule has 21 heavy (non-hydrogen) atoms. The van der Waals surface area contributed by atoms with Gasteiger partial charge in [0, 0.05) is 6.04 Å². The number of hydrogen-bond acceptors (Lipinski definition) is 2. The first-order valence-corrected chi connectivity index (χ1v) is 8.79. The molecule has 1 atom stereocenters. The summed E-state index contributed by atoms with van der Waals surface area (Å²) in [5.41, 5.74) is 1.41. The molecule has 0 amide bonds. The Morgan fingerprint density at radius 2 is 1.90 bits per heavy atom. The van der Waals surface area contributed by atoms with Crippen molar-refractivity contribution in [2.45, 2.75) is 64.8 Å². The van der Waals surface area contributed by atoms with Crippen LogP contribution in [0.15, 0.2) is 24.3 Å². The first kappa shape index (κ1) is 16.4. The van der Waals surface area contributed by atoms with Crippen LogP contribution in [0.1, 0.15) is 70.4 Å². The van der Waals surface area contributed by atoms with Crippen LogP contribution in [0.3, 0.4) is 0 Å². The predicted octanol–water partition coefficient (Wildman–Crippen LogP) is 5.10. The Morgan fingerprint density at radius 1 is 1.14 bits per heavy atom. The van der Waals surface area contributed by atoms with Gasteiger partial charge in [-0.2, -0.15) is 0 Å². The fourth-order valence-electron chi connectivity index (χ4n) is 2.85. The monoisotopic (exact) mass is 289 g/mol. The summed E-state index contributed by atoms with van der Waals surface area (Å²) < 4.78 is 5.76. The lowest BCUT2D eigenvalue weighted by molar-refractivity contribution is 0.261. The quantitative estimate of drug-likeness (QED) is 0.605. The van der Waals surface area contributed by atoms with Crippen LogP contribution in [-0.4, -0.2) is 13.2 Å². The average Bonchev–Trinajstić information content (AvgIpc) is 2.47. The van der Waals surface area contributed by atoms with E-state index in [1.807, 2.05) is 0 Å².